The summed E-state index contributed by atoms with van der Waals surface area (Å²) in [6, 6.07) is 6.14. The molecule has 0 amide bonds. The lowest BCUT2D eigenvalue weighted by Crippen LogP contribution is -2.05. The molecular weight excluding hydrogens is 200 g/mol. The van der Waals surface area contributed by atoms with Crippen molar-refractivity contribution < 1.29 is 9.90 Å². The maximum absolute atomic E-state index is 11.4. The summed E-state index contributed by atoms with van der Waals surface area (Å²) in [5, 5.41) is 9.46. The van der Waals surface area contributed by atoms with Gasteiger partial charge in [-0.2, -0.15) is 0 Å². The Bertz CT molecular complexity index is 438. The zero-order valence-electron chi connectivity index (χ0n) is 10.3. The Morgan fingerprint density at radius 3 is 2.38 bits per heavy atom. The number of aryl methyl sites for hydroxylation is 2. The van der Waals surface area contributed by atoms with Crippen molar-refractivity contribution in [1.29, 1.82) is 0 Å². The van der Waals surface area contributed by atoms with Crippen LogP contribution in [-0.2, 0) is 11.2 Å². The lowest BCUT2D eigenvalue weighted by atomic mass is 9.96. The van der Waals surface area contributed by atoms with Gasteiger partial charge in [-0.3, -0.25) is 4.79 Å². The van der Waals surface area contributed by atoms with E-state index >= 15 is 0 Å². The highest BCUT2D eigenvalue weighted by atomic mass is 16.3. The summed E-state index contributed by atoms with van der Waals surface area (Å²) >= 11 is 0. The van der Waals surface area contributed by atoms with Gasteiger partial charge in [0.15, 0.2) is 5.78 Å². The van der Waals surface area contributed by atoms with E-state index in [1.807, 2.05) is 26.0 Å². The monoisotopic (exact) mass is 218 g/mol. The Balaban J connectivity index is 3.08. The second kappa shape index (κ2) is 4.97. The van der Waals surface area contributed by atoms with E-state index in [0.29, 0.717) is 12.0 Å². The van der Waals surface area contributed by atoms with Crippen LogP contribution in [0.4, 0.5) is 0 Å². The molecule has 0 aliphatic rings. The molecule has 1 N–H and O–H groups in total. The second-order valence-electron chi connectivity index (χ2n) is 4.23. The van der Waals surface area contributed by atoms with Crippen LogP contribution < -0.4 is 0 Å². The van der Waals surface area contributed by atoms with E-state index in [1.165, 1.54) is 12.5 Å². The zero-order chi connectivity index (χ0) is 12.3. The first kappa shape index (κ1) is 12.5. The minimum Gasteiger partial charge on any atom is -0.512 e. The average Bonchev–Trinajstić information content (AvgIpc) is 2.18. The molecule has 0 fully saturated rings. The lowest BCUT2D eigenvalue weighted by molar-refractivity contribution is -0.113. The number of hydrogen-bond donors (Lipinski definition) is 1. The topological polar surface area (TPSA) is 37.3 Å². The predicted octanol–water partition coefficient (Wildman–Crippen LogP) is 3.27. The van der Waals surface area contributed by atoms with Crippen LogP contribution in [0.15, 0.2) is 29.5 Å². The number of ketones is 1. The van der Waals surface area contributed by atoms with Crippen LogP contribution in [0.1, 0.15) is 30.5 Å². The fraction of sp³-hybridized carbons (Fsp3) is 0.357. The number of carbonyl (C=O) groups excluding carboxylic acids is 1. The molecule has 0 spiro atoms. The van der Waals surface area contributed by atoms with Crippen LogP contribution in [0.2, 0.25) is 0 Å². The predicted molar refractivity (Wildman–Crippen MR) is 65.6 cm³/mol. The molecule has 1 aromatic rings. The van der Waals surface area contributed by atoms with E-state index < -0.39 is 0 Å². The fourth-order valence-electron chi connectivity index (χ4n) is 1.69. The maximum Gasteiger partial charge on any atom is 0.159 e. The number of aliphatic hydroxyl groups excluding tert-OH is 1. The Morgan fingerprint density at radius 2 is 1.88 bits per heavy atom. The van der Waals surface area contributed by atoms with Gasteiger partial charge in [0.25, 0.3) is 0 Å². The van der Waals surface area contributed by atoms with Gasteiger partial charge in [0, 0.05) is 12.0 Å². The van der Waals surface area contributed by atoms with Crippen LogP contribution in [-0.4, -0.2) is 10.9 Å². The number of aliphatic hydroxyl groups is 1. The lowest BCUT2D eigenvalue weighted by Gasteiger charge is -2.09. The molecular formula is C14H18O2. The van der Waals surface area contributed by atoms with E-state index in [9.17, 15) is 9.90 Å². The molecule has 1 rings (SSSR count). The standard InChI is InChI=1S/C14H18O2/c1-9-5-6-10(2)13(7-9)8-14(11(3)15)12(4)16/h5-7,15H,8H2,1-4H3/b14-11-. The van der Waals surface area contributed by atoms with Crippen molar-refractivity contribution in [2.45, 2.75) is 34.1 Å². The molecule has 2 heteroatoms. The van der Waals surface area contributed by atoms with E-state index in [0.717, 1.165) is 11.1 Å². The first-order valence-electron chi connectivity index (χ1n) is 5.37. The summed E-state index contributed by atoms with van der Waals surface area (Å²) in [5.41, 5.74) is 3.90. The van der Waals surface area contributed by atoms with Crippen LogP contribution in [0.3, 0.4) is 0 Å². The van der Waals surface area contributed by atoms with Crippen molar-refractivity contribution in [1.82, 2.24) is 0 Å². The highest BCUT2D eigenvalue weighted by Crippen LogP contribution is 2.17. The van der Waals surface area contributed by atoms with Gasteiger partial charge in [0.05, 0.1) is 5.76 Å². The van der Waals surface area contributed by atoms with Crippen molar-refractivity contribution in [3.63, 3.8) is 0 Å². The smallest absolute Gasteiger partial charge is 0.159 e. The van der Waals surface area contributed by atoms with Crippen LogP contribution in [0.25, 0.3) is 0 Å². The van der Waals surface area contributed by atoms with Crippen molar-refractivity contribution in [3.05, 3.63) is 46.2 Å². The Hall–Kier alpha value is -1.57. The Kier molecular flexibility index (Phi) is 3.88. The molecule has 0 saturated carbocycles. The van der Waals surface area contributed by atoms with E-state index in [4.69, 9.17) is 0 Å². The molecule has 86 valence electrons. The summed E-state index contributed by atoms with van der Waals surface area (Å²) in [7, 11) is 0. The van der Waals surface area contributed by atoms with Crippen LogP contribution in [0.5, 0.6) is 0 Å². The Labute approximate surface area is 96.6 Å². The summed E-state index contributed by atoms with van der Waals surface area (Å²) in [5.74, 6) is 0.0503. The molecule has 0 atom stereocenters. The van der Waals surface area contributed by atoms with Crippen LogP contribution >= 0.6 is 0 Å². The molecule has 0 bridgehead atoms. The van der Waals surface area contributed by atoms with Gasteiger partial charge in [0.2, 0.25) is 0 Å². The molecule has 0 heterocycles. The fourth-order valence-corrected chi connectivity index (χ4v) is 1.69. The summed E-state index contributed by atoms with van der Waals surface area (Å²) < 4.78 is 0. The van der Waals surface area contributed by atoms with Crippen molar-refractivity contribution in [3.8, 4) is 0 Å². The number of hydrogen-bond acceptors (Lipinski definition) is 2. The van der Waals surface area contributed by atoms with E-state index in [-0.39, 0.29) is 11.5 Å². The third-order valence-corrected chi connectivity index (χ3v) is 2.73. The van der Waals surface area contributed by atoms with E-state index in [2.05, 4.69) is 6.07 Å². The van der Waals surface area contributed by atoms with Gasteiger partial charge in [-0.25, -0.2) is 0 Å². The summed E-state index contributed by atoms with van der Waals surface area (Å²) in [6.45, 7) is 7.08. The van der Waals surface area contributed by atoms with Crippen molar-refractivity contribution in [2.75, 3.05) is 0 Å². The number of Topliss-reactive ketones (excluding diaryl/α,β-unsaturated/α-hetero) is 1. The van der Waals surface area contributed by atoms with Crippen LogP contribution in [0, 0.1) is 13.8 Å². The zero-order valence-corrected chi connectivity index (χ0v) is 10.3. The summed E-state index contributed by atoms with van der Waals surface area (Å²) in [6.07, 6.45) is 0.505. The van der Waals surface area contributed by atoms with Gasteiger partial charge in [0.1, 0.15) is 0 Å². The second-order valence-corrected chi connectivity index (χ2v) is 4.23. The van der Waals surface area contributed by atoms with Crippen molar-refractivity contribution >= 4 is 5.78 Å². The molecule has 0 aliphatic heterocycles. The number of benzene rings is 1. The average molecular weight is 218 g/mol. The first-order chi connectivity index (χ1) is 7.41. The highest BCUT2D eigenvalue weighted by molar-refractivity contribution is 5.94. The largest absolute Gasteiger partial charge is 0.512 e. The molecule has 2 nitrogen and oxygen atoms in total. The molecule has 0 radical (unpaired) electrons. The Morgan fingerprint density at radius 1 is 1.25 bits per heavy atom. The minimum atomic E-state index is -0.0686. The van der Waals surface area contributed by atoms with Gasteiger partial charge in [-0.15, -0.1) is 0 Å². The molecule has 16 heavy (non-hydrogen) atoms. The minimum absolute atomic E-state index is 0.0686. The number of rotatable bonds is 3. The first-order valence-corrected chi connectivity index (χ1v) is 5.37. The molecule has 0 aliphatic carbocycles. The quantitative estimate of drug-likeness (QED) is 0.624. The van der Waals surface area contributed by atoms with Crippen molar-refractivity contribution in [2.24, 2.45) is 0 Å². The maximum atomic E-state index is 11.4. The molecule has 0 unspecified atom stereocenters. The van der Waals surface area contributed by atoms with E-state index in [1.54, 1.807) is 6.92 Å². The summed E-state index contributed by atoms with van der Waals surface area (Å²) in [4.78, 5) is 11.4. The van der Waals surface area contributed by atoms with Gasteiger partial charge in [-0.05, 0) is 38.8 Å². The molecule has 0 aromatic heterocycles. The third kappa shape index (κ3) is 2.96. The van der Waals surface area contributed by atoms with Gasteiger partial charge >= 0.3 is 0 Å². The number of allylic oxidation sites excluding steroid dienone is 2. The van der Waals surface area contributed by atoms with Gasteiger partial charge < -0.3 is 5.11 Å². The molecule has 1 aromatic carbocycles. The number of carbonyl (C=O) groups is 1. The van der Waals surface area contributed by atoms with Gasteiger partial charge in [-0.1, -0.05) is 23.8 Å². The SMILES string of the molecule is CC(=O)/C(Cc1cc(C)ccc1C)=C(/C)O. The third-order valence-electron chi connectivity index (χ3n) is 2.73. The highest BCUT2D eigenvalue weighted by Gasteiger charge is 2.10. The normalized spacial score (nSPS) is 12.2. The molecule has 0 saturated heterocycles.